The maximum atomic E-state index is 10.8. The first kappa shape index (κ1) is 13.5. The molecular formula is C13H19NO3. The van der Waals surface area contributed by atoms with E-state index >= 15 is 0 Å². The molecule has 0 saturated heterocycles. The highest BCUT2D eigenvalue weighted by molar-refractivity contribution is 5.76. The van der Waals surface area contributed by atoms with Crippen LogP contribution >= 0.6 is 0 Å². The van der Waals surface area contributed by atoms with E-state index < -0.39 is 6.10 Å². The lowest BCUT2D eigenvalue weighted by Crippen LogP contribution is -2.25. The quantitative estimate of drug-likeness (QED) is 0.789. The van der Waals surface area contributed by atoms with Crippen LogP contribution in [-0.4, -0.2) is 17.6 Å². The Hall–Kier alpha value is -1.55. The van der Waals surface area contributed by atoms with Gasteiger partial charge in [0.1, 0.15) is 5.75 Å². The third kappa shape index (κ3) is 4.07. The van der Waals surface area contributed by atoms with Crippen LogP contribution in [0, 0.1) is 5.92 Å². The summed E-state index contributed by atoms with van der Waals surface area (Å²) in [7, 11) is 0. The Morgan fingerprint density at radius 1 is 1.41 bits per heavy atom. The number of hydrogen-bond acceptors (Lipinski definition) is 3. The van der Waals surface area contributed by atoms with E-state index in [1.807, 2.05) is 19.1 Å². The largest absolute Gasteiger partial charge is 0.493 e. The summed E-state index contributed by atoms with van der Waals surface area (Å²) < 4.78 is 5.41. The molecule has 0 saturated carbocycles. The topological polar surface area (TPSA) is 72.6 Å². The van der Waals surface area contributed by atoms with Crippen LogP contribution in [0.2, 0.25) is 0 Å². The van der Waals surface area contributed by atoms with Gasteiger partial charge in [0.2, 0.25) is 5.91 Å². The molecule has 4 heteroatoms. The molecule has 1 aromatic rings. The number of nitrogens with two attached hydrogens (primary N) is 1. The van der Waals surface area contributed by atoms with Gasteiger partial charge >= 0.3 is 0 Å². The van der Waals surface area contributed by atoms with Gasteiger partial charge in [-0.3, -0.25) is 4.79 Å². The van der Waals surface area contributed by atoms with Crippen molar-refractivity contribution < 1.29 is 14.6 Å². The minimum absolute atomic E-state index is 0.269. The smallest absolute Gasteiger partial charge is 0.223 e. The fourth-order valence-corrected chi connectivity index (χ4v) is 1.33. The number of aliphatic hydroxyl groups is 1. The first-order chi connectivity index (χ1) is 8.04. The van der Waals surface area contributed by atoms with Crippen molar-refractivity contribution in [3.8, 4) is 5.75 Å². The van der Waals surface area contributed by atoms with Crippen molar-refractivity contribution in [3.63, 3.8) is 0 Å². The lowest BCUT2D eigenvalue weighted by Gasteiger charge is -2.12. The van der Waals surface area contributed by atoms with Gasteiger partial charge < -0.3 is 15.6 Å². The molecule has 1 aromatic carbocycles. The zero-order valence-corrected chi connectivity index (χ0v) is 10.2. The van der Waals surface area contributed by atoms with Gasteiger partial charge in [0.05, 0.1) is 18.6 Å². The molecule has 2 atom stereocenters. The summed E-state index contributed by atoms with van der Waals surface area (Å²) in [5.74, 6) is -0.0101. The Labute approximate surface area is 101 Å². The Morgan fingerprint density at radius 3 is 2.47 bits per heavy atom. The molecule has 0 radical (unpaired) electrons. The number of benzene rings is 1. The van der Waals surface area contributed by atoms with Crippen molar-refractivity contribution in [2.75, 3.05) is 6.61 Å². The number of ether oxygens (including phenoxy) is 1. The predicted octanol–water partition coefficient (Wildman–Crippen LogP) is 1.63. The number of primary amides is 1. The Bertz CT molecular complexity index is 361. The number of carbonyl (C=O) groups is 1. The fourth-order valence-electron chi connectivity index (χ4n) is 1.33. The highest BCUT2D eigenvalue weighted by atomic mass is 16.5. The lowest BCUT2D eigenvalue weighted by molar-refractivity contribution is -0.122. The van der Waals surface area contributed by atoms with Crippen LogP contribution in [0.3, 0.4) is 0 Å². The molecule has 0 heterocycles. The van der Waals surface area contributed by atoms with Crippen molar-refractivity contribution in [1.29, 1.82) is 0 Å². The van der Waals surface area contributed by atoms with Crippen molar-refractivity contribution in [2.24, 2.45) is 11.7 Å². The zero-order chi connectivity index (χ0) is 12.8. The molecule has 0 fully saturated rings. The van der Waals surface area contributed by atoms with Gasteiger partial charge in [-0.15, -0.1) is 0 Å². The molecule has 1 amide bonds. The molecule has 0 aliphatic heterocycles. The van der Waals surface area contributed by atoms with Crippen LogP contribution in [-0.2, 0) is 4.79 Å². The van der Waals surface area contributed by atoms with E-state index in [1.54, 1.807) is 19.1 Å². The number of hydrogen-bond donors (Lipinski definition) is 2. The third-order valence-corrected chi connectivity index (χ3v) is 2.64. The second-order valence-electron chi connectivity index (χ2n) is 4.11. The van der Waals surface area contributed by atoms with Crippen molar-refractivity contribution in [2.45, 2.75) is 26.4 Å². The standard InChI is InChI=1S/C13H19NO3/c1-3-12(15)10-4-6-11(7-5-10)17-8-9(2)13(14)16/h4-7,9,12,15H,3,8H2,1-2H3,(H2,14,16). The number of aliphatic hydroxyl groups excluding tert-OH is 1. The molecule has 0 aromatic heterocycles. The monoisotopic (exact) mass is 237 g/mol. The molecule has 2 unspecified atom stereocenters. The lowest BCUT2D eigenvalue weighted by atomic mass is 10.1. The first-order valence-electron chi connectivity index (χ1n) is 5.74. The van der Waals surface area contributed by atoms with Gasteiger partial charge in [-0.05, 0) is 24.1 Å². The Morgan fingerprint density at radius 2 is 2.00 bits per heavy atom. The number of rotatable bonds is 6. The molecule has 0 bridgehead atoms. The van der Waals surface area contributed by atoms with E-state index in [-0.39, 0.29) is 18.4 Å². The summed E-state index contributed by atoms with van der Waals surface area (Å²) in [6, 6.07) is 7.20. The number of carbonyl (C=O) groups excluding carboxylic acids is 1. The summed E-state index contributed by atoms with van der Waals surface area (Å²) in [4.78, 5) is 10.8. The summed E-state index contributed by atoms with van der Waals surface area (Å²) in [5, 5.41) is 9.61. The minimum atomic E-state index is -0.436. The molecule has 1 rings (SSSR count). The van der Waals surface area contributed by atoms with E-state index in [4.69, 9.17) is 10.5 Å². The van der Waals surface area contributed by atoms with Gasteiger partial charge in [-0.25, -0.2) is 0 Å². The maximum Gasteiger partial charge on any atom is 0.223 e. The van der Waals surface area contributed by atoms with E-state index in [1.165, 1.54) is 0 Å². The summed E-state index contributed by atoms with van der Waals surface area (Å²) >= 11 is 0. The second-order valence-corrected chi connectivity index (χ2v) is 4.11. The second kappa shape index (κ2) is 6.25. The average Bonchev–Trinajstić information content (AvgIpc) is 2.35. The average molecular weight is 237 g/mol. The van der Waals surface area contributed by atoms with Gasteiger partial charge in [-0.2, -0.15) is 0 Å². The molecule has 94 valence electrons. The molecule has 0 aliphatic rings. The minimum Gasteiger partial charge on any atom is -0.493 e. The van der Waals surface area contributed by atoms with Gasteiger partial charge in [-0.1, -0.05) is 26.0 Å². The third-order valence-electron chi connectivity index (χ3n) is 2.64. The SMILES string of the molecule is CCC(O)c1ccc(OCC(C)C(N)=O)cc1. The van der Waals surface area contributed by atoms with Crippen LogP contribution in [0.4, 0.5) is 0 Å². The van der Waals surface area contributed by atoms with Crippen LogP contribution in [0.15, 0.2) is 24.3 Å². The van der Waals surface area contributed by atoms with Crippen LogP contribution < -0.4 is 10.5 Å². The molecule has 3 N–H and O–H groups in total. The summed E-state index contributed by atoms with van der Waals surface area (Å²) in [6.07, 6.45) is 0.243. The van der Waals surface area contributed by atoms with Gasteiger partial charge in [0, 0.05) is 0 Å². The fraction of sp³-hybridized carbons (Fsp3) is 0.462. The van der Waals surface area contributed by atoms with E-state index in [9.17, 15) is 9.90 Å². The molecule has 0 aliphatic carbocycles. The molecule has 0 spiro atoms. The normalized spacial score (nSPS) is 14.1. The van der Waals surface area contributed by atoms with Crippen molar-refractivity contribution >= 4 is 5.91 Å². The van der Waals surface area contributed by atoms with Gasteiger partial charge in [0.25, 0.3) is 0 Å². The maximum absolute atomic E-state index is 10.8. The van der Waals surface area contributed by atoms with E-state index in [2.05, 4.69) is 0 Å². The summed E-state index contributed by atoms with van der Waals surface area (Å²) in [6.45, 7) is 3.91. The van der Waals surface area contributed by atoms with E-state index in [0.717, 1.165) is 5.56 Å². The Kier molecular flexibility index (Phi) is 4.97. The first-order valence-corrected chi connectivity index (χ1v) is 5.74. The number of amides is 1. The van der Waals surface area contributed by atoms with Crippen LogP contribution in [0.25, 0.3) is 0 Å². The van der Waals surface area contributed by atoms with Gasteiger partial charge in [0.15, 0.2) is 0 Å². The molecular weight excluding hydrogens is 218 g/mol. The van der Waals surface area contributed by atoms with Crippen molar-refractivity contribution in [3.05, 3.63) is 29.8 Å². The zero-order valence-electron chi connectivity index (χ0n) is 10.2. The van der Waals surface area contributed by atoms with E-state index in [0.29, 0.717) is 12.2 Å². The Balaban J connectivity index is 2.54. The van der Waals surface area contributed by atoms with Crippen LogP contribution in [0.5, 0.6) is 5.75 Å². The summed E-state index contributed by atoms with van der Waals surface area (Å²) in [5.41, 5.74) is 5.99. The molecule has 4 nitrogen and oxygen atoms in total. The highest BCUT2D eigenvalue weighted by Gasteiger charge is 2.09. The predicted molar refractivity (Wildman–Crippen MR) is 65.5 cm³/mol. The van der Waals surface area contributed by atoms with Crippen LogP contribution in [0.1, 0.15) is 31.9 Å². The molecule has 17 heavy (non-hydrogen) atoms. The van der Waals surface area contributed by atoms with Crippen molar-refractivity contribution in [1.82, 2.24) is 0 Å². The highest BCUT2D eigenvalue weighted by Crippen LogP contribution is 2.20.